The molecule has 0 saturated carbocycles. The lowest BCUT2D eigenvalue weighted by Gasteiger charge is -2.32. The first kappa shape index (κ1) is 18.2. The lowest BCUT2D eigenvalue weighted by molar-refractivity contribution is 0.0662. The number of ketones is 1. The molecule has 2 aromatic rings. The van der Waals surface area contributed by atoms with Crippen molar-refractivity contribution >= 4 is 11.7 Å². The third-order valence-electron chi connectivity index (χ3n) is 4.84. The van der Waals surface area contributed by atoms with Crippen molar-refractivity contribution in [2.24, 2.45) is 5.92 Å². The maximum absolute atomic E-state index is 13.8. The van der Waals surface area contributed by atoms with Gasteiger partial charge in [0.1, 0.15) is 23.0 Å². The minimum absolute atomic E-state index is 0.107. The molecule has 0 bridgehead atoms. The highest BCUT2D eigenvalue weighted by atomic mass is 19.1. The molecule has 3 rings (SSSR count). The van der Waals surface area contributed by atoms with Gasteiger partial charge in [-0.2, -0.15) is 5.10 Å². The van der Waals surface area contributed by atoms with Crippen molar-refractivity contribution in [2.75, 3.05) is 13.1 Å². The smallest absolute Gasteiger partial charge is 0.271 e. The number of rotatable bonds is 5. The molecule has 5 nitrogen and oxygen atoms in total. The van der Waals surface area contributed by atoms with Crippen LogP contribution in [0.2, 0.25) is 0 Å². The molecular weight excluding hydrogens is 340 g/mol. The topological polar surface area (TPSA) is 66.1 Å². The predicted molar refractivity (Wildman–Crippen MR) is 91.9 cm³/mol. The normalized spacial score (nSPS) is 17.3. The number of carbonyl (C=O) groups excluding carboxylic acids is 2. The molecule has 1 aliphatic rings. The Balaban J connectivity index is 1.61. The van der Waals surface area contributed by atoms with Gasteiger partial charge in [-0.1, -0.05) is 6.07 Å². The number of carbonyl (C=O) groups is 2. The zero-order valence-corrected chi connectivity index (χ0v) is 14.6. The van der Waals surface area contributed by atoms with Crippen molar-refractivity contribution in [3.8, 4) is 0 Å². The van der Waals surface area contributed by atoms with Crippen LogP contribution >= 0.6 is 0 Å². The zero-order chi connectivity index (χ0) is 18.7. The molecule has 1 aromatic heterocycles. The van der Waals surface area contributed by atoms with Crippen LogP contribution in [-0.2, 0) is 6.42 Å². The second-order valence-corrected chi connectivity index (χ2v) is 6.72. The molecule has 1 fully saturated rings. The van der Waals surface area contributed by atoms with Gasteiger partial charge in [0.2, 0.25) is 0 Å². The summed E-state index contributed by atoms with van der Waals surface area (Å²) >= 11 is 0. The van der Waals surface area contributed by atoms with Crippen molar-refractivity contribution in [1.82, 2.24) is 15.1 Å². The van der Waals surface area contributed by atoms with Gasteiger partial charge in [-0.25, -0.2) is 8.78 Å². The van der Waals surface area contributed by atoms with Crippen LogP contribution in [0.5, 0.6) is 0 Å². The first-order valence-electron chi connectivity index (χ1n) is 8.74. The summed E-state index contributed by atoms with van der Waals surface area (Å²) in [7, 11) is 0. The molecule has 1 aromatic carbocycles. The van der Waals surface area contributed by atoms with Crippen LogP contribution < -0.4 is 0 Å². The molecule has 1 amide bonds. The second kappa shape index (κ2) is 7.76. The Morgan fingerprint density at radius 1 is 1.31 bits per heavy atom. The lowest BCUT2D eigenvalue weighted by Crippen LogP contribution is -2.40. The van der Waals surface area contributed by atoms with E-state index in [1.165, 1.54) is 31.2 Å². The van der Waals surface area contributed by atoms with E-state index in [9.17, 15) is 18.4 Å². The molecule has 2 heterocycles. The highest BCUT2D eigenvalue weighted by molar-refractivity contribution is 5.97. The number of benzene rings is 1. The highest BCUT2D eigenvalue weighted by Crippen LogP contribution is 2.24. The maximum Gasteiger partial charge on any atom is 0.271 e. The molecule has 138 valence electrons. The third-order valence-corrected chi connectivity index (χ3v) is 4.84. The summed E-state index contributed by atoms with van der Waals surface area (Å²) in [5.41, 5.74) is 0.628. The van der Waals surface area contributed by atoms with E-state index in [4.69, 9.17) is 0 Å². The van der Waals surface area contributed by atoms with E-state index in [0.717, 1.165) is 12.8 Å². The number of amides is 1. The van der Waals surface area contributed by atoms with E-state index in [0.29, 0.717) is 25.9 Å². The average molecular weight is 361 g/mol. The Morgan fingerprint density at radius 3 is 2.69 bits per heavy atom. The van der Waals surface area contributed by atoms with Crippen LogP contribution in [0, 0.1) is 17.6 Å². The first-order valence-corrected chi connectivity index (χ1v) is 8.74. The quantitative estimate of drug-likeness (QED) is 0.831. The Bertz CT molecular complexity index is 799. The molecular formula is C19H21F2N3O2. The maximum atomic E-state index is 13.8. The first-order chi connectivity index (χ1) is 12.5. The van der Waals surface area contributed by atoms with Gasteiger partial charge >= 0.3 is 0 Å². The monoisotopic (exact) mass is 361 g/mol. The van der Waals surface area contributed by atoms with Crippen molar-refractivity contribution in [1.29, 1.82) is 0 Å². The van der Waals surface area contributed by atoms with Gasteiger partial charge in [-0.05, 0) is 49.8 Å². The van der Waals surface area contributed by atoms with Crippen LogP contribution in [0.25, 0.3) is 0 Å². The number of hydrogen-bond acceptors (Lipinski definition) is 3. The highest BCUT2D eigenvalue weighted by Gasteiger charge is 2.26. The standard InChI is InChI=1S/C19H21F2N3O2/c1-12(25)17-10-18(23-22-17)19(26)24-9-3-4-13(11-24)7-8-14-15(20)5-2-6-16(14)21/h2,5-6,10,13H,3-4,7-9,11H2,1H3,(H,22,23)/t13-/m1/s1. The number of halogens is 2. The number of nitrogens with one attached hydrogen (secondary N) is 1. The summed E-state index contributed by atoms with van der Waals surface area (Å²) in [5, 5.41) is 6.45. The van der Waals surface area contributed by atoms with Gasteiger partial charge < -0.3 is 4.90 Å². The predicted octanol–water partition coefficient (Wildman–Crippen LogP) is 3.38. The summed E-state index contributed by atoms with van der Waals surface area (Å²) in [6.07, 6.45) is 2.68. The molecule has 1 N–H and O–H groups in total. The molecule has 0 radical (unpaired) electrons. The zero-order valence-electron chi connectivity index (χ0n) is 14.6. The second-order valence-electron chi connectivity index (χ2n) is 6.72. The number of piperidine rings is 1. The molecule has 7 heteroatoms. The minimum atomic E-state index is -0.525. The molecule has 1 aliphatic heterocycles. The van der Waals surface area contributed by atoms with E-state index < -0.39 is 11.6 Å². The SMILES string of the molecule is CC(=O)c1cc(C(=O)N2CCC[C@H](CCc3c(F)cccc3F)C2)[nH]n1. The fraction of sp³-hybridized carbons (Fsp3) is 0.421. The van der Waals surface area contributed by atoms with Crippen molar-refractivity contribution in [2.45, 2.75) is 32.6 Å². The lowest BCUT2D eigenvalue weighted by atomic mass is 9.91. The summed E-state index contributed by atoms with van der Waals surface area (Å²) in [6, 6.07) is 5.35. The number of nitrogens with zero attached hydrogens (tertiary/aromatic N) is 2. The number of Topliss-reactive ketones (excluding diaryl/α,β-unsaturated/α-hetero) is 1. The summed E-state index contributed by atoms with van der Waals surface area (Å²) < 4.78 is 27.5. The number of aromatic nitrogens is 2. The van der Waals surface area contributed by atoms with E-state index >= 15 is 0 Å². The molecule has 26 heavy (non-hydrogen) atoms. The Morgan fingerprint density at radius 2 is 2.04 bits per heavy atom. The van der Waals surface area contributed by atoms with E-state index in [1.54, 1.807) is 4.90 Å². The van der Waals surface area contributed by atoms with Gasteiger partial charge in [0, 0.05) is 25.6 Å². The van der Waals surface area contributed by atoms with Gasteiger partial charge in [-0.15, -0.1) is 0 Å². The van der Waals surface area contributed by atoms with E-state index in [-0.39, 0.29) is 34.6 Å². The molecule has 0 unspecified atom stereocenters. The molecule has 1 atom stereocenters. The Labute approximate surface area is 150 Å². The van der Waals surface area contributed by atoms with Crippen molar-refractivity contribution < 1.29 is 18.4 Å². The van der Waals surface area contributed by atoms with Crippen LogP contribution in [-0.4, -0.2) is 39.9 Å². The van der Waals surface area contributed by atoms with E-state index in [2.05, 4.69) is 10.2 Å². The fourth-order valence-corrected chi connectivity index (χ4v) is 3.39. The van der Waals surface area contributed by atoms with Gasteiger partial charge in [0.25, 0.3) is 5.91 Å². The number of hydrogen-bond donors (Lipinski definition) is 1. The summed E-state index contributed by atoms with van der Waals surface area (Å²) in [4.78, 5) is 25.6. The molecule has 0 spiro atoms. The summed E-state index contributed by atoms with van der Waals surface area (Å²) in [5.74, 6) is -1.27. The molecule has 0 aliphatic carbocycles. The van der Waals surface area contributed by atoms with Gasteiger partial charge in [-0.3, -0.25) is 14.7 Å². The number of aromatic amines is 1. The largest absolute Gasteiger partial charge is 0.337 e. The van der Waals surface area contributed by atoms with Gasteiger partial charge in [0.15, 0.2) is 5.78 Å². The fourth-order valence-electron chi connectivity index (χ4n) is 3.39. The third kappa shape index (κ3) is 3.98. The number of likely N-dealkylation sites (tertiary alicyclic amines) is 1. The van der Waals surface area contributed by atoms with Crippen molar-refractivity contribution in [3.63, 3.8) is 0 Å². The van der Waals surface area contributed by atoms with Gasteiger partial charge in [0.05, 0.1) is 0 Å². The Hall–Kier alpha value is -2.57. The van der Waals surface area contributed by atoms with E-state index in [1.807, 2.05) is 0 Å². The molecule has 1 saturated heterocycles. The van der Waals surface area contributed by atoms with Crippen LogP contribution in [0.3, 0.4) is 0 Å². The number of H-pyrrole nitrogens is 1. The van der Waals surface area contributed by atoms with Crippen molar-refractivity contribution in [3.05, 3.63) is 52.9 Å². The Kier molecular flexibility index (Phi) is 5.44. The van der Waals surface area contributed by atoms with Crippen LogP contribution in [0.15, 0.2) is 24.3 Å². The minimum Gasteiger partial charge on any atom is -0.337 e. The average Bonchev–Trinajstić information content (AvgIpc) is 3.11. The summed E-state index contributed by atoms with van der Waals surface area (Å²) in [6.45, 7) is 2.55. The van der Waals surface area contributed by atoms with Crippen LogP contribution in [0.1, 0.15) is 52.7 Å². The van der Waals surface area contributed by atoms with Crippen LogP contribution in [0.4, 0.5) is 8.78 Å².